The lowest BCUT2D eigenvalue weighted by atomic mass is 10.7. The van der Waals surface area contributed by atoms with Crippen LogP contribution in [0, 0.1) is 0 Å². The molecule has 0 atom stereocenters. The van der Waals surface area contributed by atoms with Gasteiger partial charge in [0.05, 0.1) is 3.79 Å². The van der Waals surface area contributed by atoms with Crippen LogP contribution in [-0.2, 0) is 14.6 Å². The smallest absolute Gasteiger partial charge is 0.241 e. The molecule has 1 amide bonds. The first kappa shape index (κ1) is 13.7. The minimum atomic E-state index is -3.59. The van der Waals surface area contributed by atoms with E-state index in [9.17, 15) is 13.2 Å². The van der Waals surface area contributed by atoms with E-state index >= 15 is 0 Å². The van der Waals surface area contributed by atoms with E-state index in [0.717, 1.165) is 11.3 Å². The van der Waals surface area contributed by atoms with Crippen molar-refractivity contribution in [3.05, 3.63) is 27.5 Å². The summed E-state index contributed by atoms with van der Waals surface area (Å²) in [4.78, 5) is 15.4. The van der Waals surface area contributed by atoms with Crippen LogP contribution in [0.3, 0.4) is 0 Å². The Morgan fingerprint density at radius 3 is 2.78 bits per heavy atom. The number of aromatic nitrogens is 1. The van der Waals surface area contributed by atoms with Crippen LogP contribution in [0.1, 0.15) is 0 Å². The van der Waals surface area contributed by atoms with E-state index in [0.29, 0.717) is 8.92 Å². The predicted octanol–water partition coefficient (Wildman–Crippen LogP) is 2.38. The lowest BCUT2D eigenvalue weighted by Crippen LogP contribution is -2.22. The molecule has 2 aromatic rings. The molecule has 2 aromatic heterocycles. The van der Waals surface area contributed by atoms with E-state index in [4.69, 9.17) is 0 Å². The maximum Gasteiger partial charge on any atom is 0.241 e. The highest BCUT2D eigenvalue weighted by Crippen LogP contribution is 2.26. The Labute approximate surface area is 120 Å². The van der Waals surface area contributed by atoms with E-state index in [2.05, 4.69) is 26.2 Å². The van der Waals surface area contributed by atoms with Crippen LogP contribution in [0.25, 0.3) is 0 Å². The van der Waals surface area contributed by atoms with Crippen molar-refractivity contribution in [2.45, 2.75) is 4.21 Å². The van der Waals surface area contributed by atoms with Crippen molar-refractivity contribution in [2.75, 3.05) is 11.1 Å². The van der Waals surface area contributed by atoms with Gasteiger partial charge in [0.25, 0.3) is 0 Å². The van der Waals surface area contributed by atoms with Gasteiger partial charge in [-0.1, -0.05) is 0 Å². The lowest BCUT2D eigenvalue weighted by molar-refractivity contribution is -0.113. The van der Waals surface area contributed by atoms with E-state index in [-0.39, 0.29) is 4.21 Å². The number of nitrogens with one attached hydrogen (secondary N) is 1. The Bertz CT molecular complexity index is 648. The molecular weight excluding hydrogens is 360 g/mol. The monoisotopic (exact) mass is 366 g/mol. The van der Waals surface area contributed by atoms with Gasteiger partial charge in [0.1, 0.15) is 9.96 Å². The Morgan fingerprint density at radius 2 is 2.22 bits per heavy atom. The first-order valence-corrected chi connectivity index (χ1v) is 8.79. The third kappa shape index (κ3) is 3.37. The first-order chi connectivity index (χ1) is 8.47. The molecule has 18 heavy (non-hydrogen) atoms. The van der Waals surface area contributed by atoms with Gasteiger partial charge in [0.2, 0.25) is 5.91 Å². The highest BCUT2D eigenvalue weighted by molar-refractivity contribution is 9.11. The SMILES string of the molecule is O=C(CS(=O)(=O)c1ccc(Br)s1)Nc1nccs1. The molecule has 0 spiro atoms. The Balaban J connectivity index is 2.07. The zero-order valence-corrected chi connectivity index (χ0v) is 12.8. The van der Waals surface area contributed by atoms with Crippen LogP contribution in [0.15, 0.2) is 31.7 Å². The number of hydrogen-bond donors (Lipinski definition) is 1. The highest BCUT2D eigenvalue weighted by atomic mass is 79.9. The van der Waals surface area contributed by atoms with Gasteiger partial charge in [-0.2, -0.15) is 0 Å². The minimum absolute atomic E-state index is 0.170. The fourth-order valence-electron chi connectivity index (χ4n) is 1.15. The summed E-state index contributed by atoms with van der Waals surface area (Å²) < 4.78 is 24.7. The topological polar surface area (TPSA) is 76.1 Å². The molecule has 0 aliphatic heterocycles. The van der Waals surface area contributed by atoms with Gasteiger partial charge >= 0.3 is 0 Å². The Kier molecular flexibility index (Phi) is 4.15. The number of thiophene rings is 1. The van der Waals surface area contributed by atoms with E-state index in [1.807, 2.05) is 0 Å². The molecule has 0 fully saturated rings. The minimum Gasteiger partial charge on any atom is -0.301 e. The number of rotatable bonds is 4. The number of halogens is 1. The zero-order chi connectivity index (χ0) is 13.2. The van der Waals surface area contributed by atoms with Gasteiger partial charge in [0.15, 0.2) is 15.0 Å². The summed E-state index contributed by atoms with van der Waals surface area (Å²) in [6.07, 6.45) is 1.53. The summed E-state index contributed by atoms with van der Waals surface area (Å²) in [6, 6.07) is 3.11. The molecule has 0 radical (unpaired) electrons. The van der Waals surface area contributed by atoms with Crippen molar-refractivity contribution in [3.63, 3.8) is 0 Å². The molecule has 9 heteroatoms. The molecule has 0 aromatic carbocycles. The number of nitrogens with zero attached hydrogens (tertiary/aromatic N) is 1. The Morgan fingerprint density at radius 1 is 1.44 bits per heavy atom. The third-order valence-corrected chi connectivity index (χ3v) is 6.36. The van der Waals surface area contributed by atoms with Gasteiger partial charge in [-0.05, 0) is 28.1 Å². The second kappa shape index (κ2) is 5.47. The Hall–Kier alpha value is -0.770. The fraction of sp³-hybridized carbons (Fsp3) is 0.111. The summed E-state index contributed by atoms with van der Waals surface area (Å²) in [6.45, 7) is 0. The molecule has 5 nitrogen and oxygen atoms in total. The van der Waals surface area contributed by atoms with Crippen molar-refractivity contribution >= 4 is 59.5 Å². The molecule has 0 aliphatic rings. The number of sulfone groups is 1. The summed E-state index contributed by atoms with van der Waals surface area (Å²) in [5.41, 5.74) is 0. The fourth-order valence-corrected chi connectivity index (χ4v) is 4.92. The van der Waals surface area contributed by atoms with Gasteiger partial charge in [-0.15, -0.1) is 22.7 Å². The first-order valence-electron chi connectivity index (χ1n) is 4.65. The average Bonchev–Trinajstić information content (AvgIpc) is 2.88. The van der Waals surface area contributed by atoms with Crippen LogP contribution in [0.5, 0.6) is 0 Å². The number of thiazole rings is 1. The molecule has 0 saturated heterocycles. The average molecular weight is 367 g/mol. The number of amides is 1. The second-order valence-electron chi connectivity index (χ2n) is 3.20. The van der Waals surface area contributed by atoms with E-state index in [1.54, 1.807) is 11.4 Å². The van der Waals surface area contributed by atoms with Gasteiger partial charge in [0, 0.05) is 11.6 Å². The molecule has 0 aliphatic carbocycles. The predicted molar refractivity (Wildman–Crippen MR) is 74.8 cm³/mol. The lowest BCUT2D eigenvalue weighted by Gasteiger charge is -2.01. The van der Waals surface area contributed by atoms with Crippen LogP contribution in [0.4, 0.5) is 5.13 Å². The van der Waals surface area contributed by atoms with E-state index < -0.39 is 21.5 Å². The van der Waals surface area contributed by atoms with Gasteiger partial charge in [-0.3, -0.25) is 4.79 Å². The number of anilines is 1. The van der Waals surface area contributed by atoms with Crippen molar-refractivity contribution in [2.24, 2.45) is 0 Å². The quantitative estimate of drug-likeness (QED) is 0.900. The summed E-state index contributed by atoms with van der Waals surface area (Å²) >= 11 is 5.50. The van der Waals surface area contributed by atoms with Gasteiger partial charge < -0.3 is 5.32 Å². The zero-order valence-electron chi connectivity index (χ0n) is 8.79. The second-order valence-corrected chi connectivity index (χ2v) is 8.78. The third-order valence-electron chi connectivity index (χ3n) is 1.85. The largest absolute Gasteiger partial charge is 0.301 e. The van der Waals surface area contributed by atoms with Crippen molar-refractivity contribution in [1.82, 2.24) is 4.98 Å². The molecule has 0 bridgehead atoms. The van der Waals surface area contributed by atoms with E-state index in [1.165, 1.54) is 23.6 Å². The molecule has 0 saturated carbocycles. The molecule has 2 heterocycles. The molecule has 0 unspecified atom stereocenters. The maximum atomic E-state index is 11.9. The maximum absolute atomic E-state index is 11.9. The summed E-state index contributed by atoms with van der Waals surface area (Å²) in [5, 5.41) is 4.52. The van der Waals surface area contributed by atoms with Crippen molar-refractivity contribution < 1.29 is 13.2 Å². The van der Waals surface area contributed by atoms with Crippen LogP contribution >= 0.6 is 38.6 Å². The number of carbonyl (C=O) groups excluding carboxylic acids is 1. The van der Waals surface area contributed by atoms with Crippen LogP contribution < -0.4 is 5.32 Å². The van der Waals surface area contributed by atoms with Crippen LogP contribution in [-0.4, -0.2) is 25.1 Å². The van der Waals surface area contributed by atoms with Crippen molar-refractivity contribution in [1.29, 1.82) is 0 Å². The highest BCUT2D eigenvalue weighted by Gasteiger charge is 2.21. The normalized spacial score (nSPS) is 11.4. The summed E-state index contributed by atoms with van der Waals surface area (Å²) in [5.74, 6) is -1.17. The molecule has 96 valence electrons. The standard InChI is InChI=1S/C9H7BrN2O3S3/c10-6-1-2-8(17-6)18(14,15)5-7(13)12-9-11-3-4-16-9/h1-4H,5H2,(H,11,12,13). The molecular formula is C9H7BrN2O3S3. The number of hydrogen-bond acceptors (Lipinski definition) is 6. The van der Waals surface area contributed by atoms with Gasteiger partial charge in [-0.25, -0.2) is 13.4 Å². The van der Waals surface area contributed by atoms with Crippen molar-refractivity contribution in [3.8, 4) is 0 Å². The number of carbonyl (C=O) groups is 1. The molecule has 1 N–H and O–H groups in total. The molecule has 2 rings (SSSR count). The van der Waals surface area contributed by atoms with Crippen LogP contribution in [0.2, 0.25) is 0 Å². The summed E-state index contributed by atoms with van der Waals surface area (Å²) in [7, 11) is -3.59.